The number of ether oxygens (including phenoxy) is 1. The Balaban J connectivity index is 1.65. The second kappa shape index (κ2) is 6.52. The first-order valence-corrected chi connectivity index (χ1v) is 10.2. The summed E-state index contributed by atoms with van der Waals surface area (Å²) in [6, 6.07) is 15.8. The van der Waals surface area contributed by atoms with Crippen molar-refractivity contribution in [1.82, 2.24) is 0 Å². The lowest BCUT2D eigenvalue weighted by Crippen LogP contribution is -2.55. The summed E-state index contributed by atoms with van der Waals surface area (Å²) in [4.78, 5) is 20.3. The van der Waals surface area contributed by atoms with Gasteiger partial charge in [-0.25, -0.2) is 4.99 Å². The topological polar surface area (TPSA) is 41.9 Å². The Hall–Kier alpha value is -2.53. The molecule has 0 radical (unpaired) electrons. The zero-order valence-electron chi connectivity index (χ0n) is 15.9. The maximum atomic E-state index is 13.8. The number of nitrogens with zero attached hydrogens (tertiary/aromatic N) is 2. The van der Waals surface area contributed by atoms with Crippen molar-refractivity contribution in [2.45, 2.75) is 32.1 Å². The third-order valence-corrected chi connectivity index (χ3v) is 6.80. The van der Waals surface area contributed by atoms with E-state index in [1.54, 1.807) is 12.0 Å². The first-order valence-electron chi connectivity index (χ1n) is 9.82. The molecule has 142 valence electrons. The number of rotatable bonds is 2. The number of hydrogen-bond donors (Lipinski definition) is 0. The predicted molar refractivity (Wildman–Crippen MR) is 114 cm³/mol. The molecular weight excluding hydrogens is 368 g/mol. The molecule has 0 aromatic heterocycles. The summed E-state index contributed by atoms with van der Waals surface area (Å²) in [7, 11) is 1.63. The number of benzene rings is 2. The molecule has 1 atom stereocenters. The normalized spacial score (nSPS) is 22.7. The van der Waals surface area contributed by atoms with E-state index >= 15 is 0 Å². The third-order valence-electron chi connectivity index (χ3n) is 6.53. The molecule has 1 spiro atoms. The number of aliphatic imine (C=N–C) groups is 1. The predicted octanol–water partition coefficient (Wildman–Crippen LogP) is 4.55. The SMILES string of the molecule is COc1ccc(N2C(=O)C3C(=NC2=S)c2ccccc2CC32CCCC2)cc1. The summed E-state index contributed by atoms with van der Waals surface area (Å²) in [5.74, 6) is 0.595. The van der Waals surface area contributed by atoms with E-state index in [9.17, 15) is 4.79 Å². The number of carbonyl (C=O) groups is 1. The van der Waals surface area contributed by atoms with Crippen molar-refractivity contribution in [1.29, 1.82) is 0 Å². The maximum absolute atomic E-state index is 13.8. The van der Waals surface area contributed by atoms with Crippen LogP contribution in [0.4, 0.5) is 5.69 Å². The van der Waals surface area contributed by atoms with Gasteiger partial charge >= 0.3 is 0 Å². The largest absolute Gasteiger partial charge is 0.497 e. The number of anilines is 1. The molecule has 1 amide bonds. The number of amides is 1. The van der Waals surface area contributed by atoms with Gasteiger partial charge in [-0.15, -0.1) is 0 Å². The number of fused-ring (bicyclic) bond motifs is 4. The van der Waals surface area contributed by atoms with Gasteiger partial charge in [-0.05, 0) is 66.7 Å². The van der Waals surface area contributed by atoms with Crippen LogP contribution in [0.15, 0.2) is 53.5 Å². The van der Waals surface area contributed by atoms with Gasteiger partial charge in [0.05, 0.1) is 24.4 Å². The fourth-order valence-electron chi connectivity index (χ4n) is 5.24. The first kappa shape index (κ1) is 17.6. The molecule has 1 saturated carbocycles. The van der Waals surface area contributed by atoms with Crippen molar-refractivity contribution < 1.29 is 9.53 Å². The Morgan fingerprint density at radius 3 is 2.54 bits per heavy atom. The highest BCUT2D eigenvalue weighted by Crippen LogP contribution is 2.53. The zero-order valence-corrected chi connectivity index (χ0v) is 16.7. The van der Waals surface area contributed by atoms with Crippen LogP contribution in [0.5, 0.6) is 5.75 Å². The fourth-order valence-corrected chi connectivity index (χ4v) is 5.54. The number of methoxy groups -OCH3 is 1. The molecule has 0 bridgehead atoms. The average molecular weight is 391 g/mol. The fraction of sp³-hybridized carbons (Fsp3) is 0.348. The third kappa shape index (κ3) is 2.53. The Kier molecular flexibility index (Phi) is 4.09. The van der Waals surface area contributed by atoms with E-state index in [-0.39, 0.29) is 17.2 Å². The Labute approximate surface area is 170 Å². The summed E-state index contributed by atoms with van der Waals surface area (Å²) in [6.45, 7) is 0. The van der Waals surface area contributed by atoms with Crippen molar-refractivity contribution in [2.24, 2.45) is 16.3 Å². The quantitative estimate of drug-likeness (QED) is 0.707. The highest BCUT2D eigenvalue weighted by atomic mass is 32.1. The summed E-state index contributed by atoms with van der Waals surface area (Å²) in [5, 5.41) is 0.325. The van der Waals surface area contributed by atoms with E-state index in [1.807, 2.05) is 30.3 Å². The minimum absolute atomic E-state index is 0.0367. The van der Waals surface area contributed by atoms with Crippen LogP contribution < -0.4 is 9.64 Å². The molecule has 1 heterocycles. The Morgan fingerprint density at radius 1 is 1.11 bits per heavy atom. The molecule has 0 N–H and O–H groups in total. The molecule has 2 aliphatic carbocycles. The van der Waals surface area contributed by atoms with Crippen LogP contribution in [0.3, 0.4) is 0 Å². The second-order valence-corrected chi connectivity index (χ2v) is 8.35. The molecule has 1 fully saturated rings. The van der Waals surface area contributed by atoms with Gasteiger partial charge in [0.2, 0.25) is 11.0 Å². The molecule has 28 heavy (non-hydrogen) atoms. The molecule has 1 aliphatic heterocycles. The molecule has 0 saturated heterocycles. The summed E-state index contributed by atoms with van der Waals surface area (Å²) in [5.41, 5.74) is 3.99. The van der Waals surface area contributed by atoms with Gasteiger partial charge in [-0.3, -0.25) is 9.69 Å². The highest BCUT2D eigenvalue weighted by Gasteiger charge is 2.54. The van der Waals surface area contributed by atoms with E-state index < -0.39 is 0 Å². The second-order valence-electron chi connectivity index (χ2n) is 7.99. The smallest absolute Gasteiger partial charge is 0.243 e. The van der Waals surface area contributed by atoms with Crippen LogP contribution >= 0.6 is 12.2 Å². The zero-order chi connectivity index (χ0) is 19.3. The van der Waals surface area contributed by atoms with Gasteiger partial charge in [-0.1, -0.05) is 37.1 Å². The van der Waals surface area contributed by atoms with Gasteiger partial charge in [0, 0.05) is 5.56 Å². The molecule has 2 aromatic rings. The van der Waals surface area contributed by atoms with Gasteiger partial charge in [0.15, 0.2) is 0 Å². The molecule has 5 rings (SSSR count). The van der Waals surface area contributed by atoms with Gasteiger partial charge < -0.3 is 4.74 Å². The van der Waals surface area contributed by atoms with Gasteiger partial charge in [0.1, 0.15) is 5.75 Å². The molecule has 4 nitrogen and oxygen atoms in total. The Morgan fingerprint density at radius 2 is 1.82 bits per heavy atom. The van der Waals surface area contributed by atoms with Crippen molar-refractivity contribution in [2.75, 3.05) is 12.0 Å². The Bertz CT molecular complexity index is 990. The maximum Gasteiger partial charge on any atom is 0.243 e. The van der Waals surface area contributed by atoms with E-state index in [2.05, 4.69) is 18.2 Å². The molecule has 2 aromatic carbocycles. The van der Waals surface area contributed by atoms with Crippen molar-refractivity contribution in [3.63, 3.8) is 0 Å². The van der Waals surface area contributed by atoms with Crippen LogP contribution in [0, 0.1) is 11.3 Å². The molecule has 3 aliphatic rings. The van der Waals surface area contributed by atoms with Crippen LogP contribution in [0.1, 0.15) is 36.8 Å². The van der Waals surface area contributed by atoms with Crippen molar-refractivity contribution in [3.05, 3.63) is 59.7 Å². The lowest BCUT2D eigenvalue weighted by Gasteiger charge is -2.46. The molecule has 1 unspecified atom stereocenters. The van der Waals surface area contributed by atoms with Crippen LogP contribution in [0.25, 0.3) is 0 Å². The lowest BCUT2D eigenvalue weighted by molar-refractivity contribution is -0.123. The van der Waals surface area contributed by atoms with Crippen LogP contribution in [-0.4, -0.2) is 23.8 Å². The molecular formula is C23H22N2O2S. The van der Waals surface area contributed by atoms with Gasteiger partial charge in [0.25, 0.3) is 0 Å². The van der Waals surface area contributed by atoms with E-state index in [1.165, 1.54) is 18.4 Å². The standard InChI is InChI=1S/C23H22N2O2S/c1-27-17-10-8-16(9-11-17)25-21(26)19-20(24-22(25)28)18-7-3-2-6-15(18)14-23(19)12-4-5-13-23/h2-3,6-11,19H,4-5,12-14H2,1H3. The summed E-state index contributed by atoms with van der Waals surface area (Å²) in [6.07, 6.45) is 5.43. The van der Waals surface area contributed by atoms with Crippen molar-refractivity contribution >= 4 is 34.6 Å². The van der Waals surface area contributed by atoms with Crippen LogP contribution in [0.2, 0.25) is 0 Å². The first-order chi connectivity index (χ1) is 13.6. The van der Waals surface area contributed by atoms with Crippen LogP contribution in [-0.2, 0) is 11.2 Å². The van der Waals surface area contributed by atoms with Crippen molar-refractivity contribution in [3.8, 4) is 5.75 Å². The van der Waals surface area contributed by atoms with Gasteiger partial charge in [-0.2, -0.15) is 0 Å². The number of thiocarbonyl (C=S) groups is 1. The molecule has 5 heteroatoms. The highest BCUT2D eigenvalue weighted by molar-refractivity contribution is 7.80. The minimum atomic E-state index is -0.223. The van der Waals surface area contributed by atoms with E-state index in [0.29, 0.717) is 5.11 Å². The van der Waals surface area contributed by atoms with E-state index in [0.717, 1.165) is 42.0 Å². The minimum Gasteiger partial charge on any atom is -0.497 e. The van der Waals surface area contributed by atoms with E-state index in [4.69, 9.17) is 21.9 Å². The number of hydrogen-bond acceptors (Lipinski definition) is 3. The summed E-state index contributed by atoms with van der Waals surface area (Å²) >= 11 is 5.59. The average Bonchev–Trinajstić information content (AvgIpc) is 3.16. The lowest BCUT2D eigenvalue weighted by atomic mass is 9.61. The number of carbonyl (C=O) groups excluding carboxylic acids is 1. The summed E-state index contributed by atoms with van der Waals surface area (Å²) < 4.78 is 5.25. The monoisotopic (exact) mass is 390 g/mol.